The van der Waals surface area contributed by atoms with Crippen molar-refractivity contribution in [1.29, 1.82) is 0 Å². The molecule has 0 fully saturated rings. The Hall–Kier alpha value is -1.84. The Bertz CT molecular complexity index is 1810. The minimum atomic E-state index is -4.99. The largest absolute Gasteiger partial charge is 1.00 e. The smallest absolute Gasteiger partial charge is 0.871 e. The quantitative estimate of drug-likeness (QED) is 0.164. The normalized spacial score (nSPS) is 12.1. The maximum Gasteiger partial charge on any atom is 1.00 e. The van der Waals surface area contributed by atoms with E-state index in [1.807, 2.05) is 24.3 Å². The SMILES string of the molecule is CCC(C)(C)c1ccc(Oc2ccccc2N=Nc2c(S(=O)(=O)O)cc3cc(S(=O)(=O)[O-])ccc3c2[O-])cc1.[Na+].[Na+]. The molecule has 0 radical (unpaired) electrons. The second-order valence-electron chi connectivity index (χ2n) is 9.40. The van der Waals surface area contributed by atoms with Crippen LogP contribution in [0, 0.1) is 0 Å². The molecule has 204 valence electrons. The van der Waals surface area contributed by atoms with E-state index in [4.69, 9.17) is 4.74 Å². The van der Waals surface area contributed by atoms with Crippen molar-refractivity contribution in [2.75, 3.05) is 0 Å². The molecule has 0 aromatic heterocycles. The van der Waals surface area contributed by atoms with Gasteiger partial charge in [-0.2, -0.15) is 8.42 Å². The molecule has 41 heavy (non-hydrogen) atoms. The van der Waals surface area contributed by atoms with Crippen LogP contribution in [0.4, 0.5) is 11.4 Å². The number of nitrogens with zero attached hydrogens (tertiary/aromatic N) is 2. The van der Waals surface area contributed by atoms with Gasteiger partial charge in [-0.3, -0.25) is 4.55 Å². The summed E-state index contributed by atoms with van der Waals surface area (Å²) in [7, 11) is -9.86. The van der Waals surface area contributed by atoms with Crippen LogP contribution < -0.4 is 69.0 Å². The molecule has 4 aromatic rings. The third-order valence-corrected chi connectivity index (χ3v) is 8.14. The standard InChI is InChI=1S/C27H26N2O8S2.2Na/c1-4-27(2,3)18-9-11-19(12-10-18)37-23-8-6-5-7-22(23)28-29-25-24(39(34,35)36)16-17-15-20(38(31,32)33)13-14-21(17)26(25)30;;/h5-16,30H,4H2,1-3H3,(H,31,32,33)(H,34,35,36);;/q;2*+1/p-2. The van der Waals surface area contributed by atoms with Crippen LogP contribution in [0.2, 0.25) is 0 Å². The van der Waals surface area contributed by atoms with Crippen molar-refractivity contribution in [3.05, 3.63) is 78.4 Å². The van der Waals surface area contributed by atoms with Gasteiger partial charge in [0.15, 0.2) is 5.75 Å². The summed E-state index contributed by atoms with van der Waals surface area (Å²) >= 11 is 0. The summed E-state index contributed by atoms with van der Waals surface area (Å²) < 4.78 is 74.0. The van der Waals surface area contributed by atoms with E-state index in [2.05, 4.69) is 31.0 Å². The van der Waals surface area contributed by atoms with Crippen LogP contribution in [0.5, 0.6) is 17.2 Å². The van der Waals surface area contributed by atoms with Crippen molar-refractivity contribution < 1.29 is 94.9 Å². The Morgan fingerprint density at radius 2 is 1.54 bits per heavy atom. The second-order valence-corrected chi connectivity index (χ2v) is 12.2. The molecule has 4 rings (SSSR count). The third kappa shape index (κ3) is 8.17. The van der Waals surface area contributed by atoms with Gasteiger partial charge < -0.3 is 14.4 Å². The van der Waals surface area contributed by atoms with Crippen LogP contribution >= 0.6 is 0 Å². The van der Waals surface area contributed by atoms with E-state index in [1.165, 1.54) is 6.07 Å². The zero-order valence-corrected chi connectivity index (χ0v) is 28.8. The summed E-state index contributed by atoms with van der Waals surface area (Å²) in [6, 6.07) is 17.7. The van der Waals surface area contributed by atoms with Gasteiger partial charge in [0.1, 0.15) is 26.5 Å². The molecule has 0 amide bonds. The molecular formula is C27H24N2Na2O8S2. The number of hydrogen-bond donors (Lipinski definition) is 1. The van der Waals surface area contributed by atoms with Gasteiger partial charge in [0.05, 0.1) is 10.6 Å². The molecule has 0 aliphatic heterocycles. The van der Waals surface area contributed by atoms with Crippen molar-refractivity contribution in [1.82, 2.24) is 0 Å². The first-order valence-electron chi connectivity index (χ1n) is 11.7. The molecular weight excluding hydrogens is 590 g/mol. The van der Waals surface area contributed by atoms with Gasteiger partial charge in [-0.15, -0.1) is 10.2 Å². The Labute approximate surface area is 282 Å². The van der Waals surface area contributed by atoms with E-state index in [9.17, 15) is 31.0 Å². The number of rotatable bonds is 8. The average Bonchev–Trinajstić information content (AvgIpc) is 2.88. The van der Waals surface area contributed by atoms with Crippen LogP contribution in [-0.2, 0) is 25.7 Å². The number of fused-ring (bicyclic) bond motifs is 1. The summed E-state index contributed by atoms with van der Waals surface area (Å²) in [5.74, 6) is -0.145. The van der Waals surface area contributed by atoms with E-state index in [0.717, 1.165) is 36.2 Å². The first-order valence-corrected chi connectivity index (χ1v) is 14.6. The van der Waals surface area contributed by atoms with Crippen molar-refractivity contribution in [2.24, 2.45) is 10.2 Å². The van der Waals surface area contributed by atoms with Gasteiger partial charge >= 0.3 is 59.1 Å². The van der Waals surface area contributed by atoms with Crippen LogP contribution in [0.15, 0.2) is 92.8 Å². The van der Waals surface area contributed by atoms with Crippen LogP contribution in [0.3, 0.4) is 0 Å². The fourth-order valence-corrected chi connectivity index (χ4v) is 4.96. The molecule has 14 heteroatoms. The maximum absolute atomic E-state index is 13.1. The number of ether oxygens (including phenoxy) is 1. The van der Waals surface area contributed by atoms with Crippen LogP contribution in [-0.4, -0.2) is 25.9 Å². The average molecular weight is 615 g/mol. The van der Waals surface area contributed by atoms with Gasteiger partial charge in [0, 0.05) is 0 Å². The van der Waals surface area contributed by atoms with Crippen molar-refractivity contribution in [3.63, 3.8) is 0 Å². The zero-order valence-electron chi connectivity index (χ0n) is 23.2. The third-order valence-electron chi connectivity index (χ3n) is 6.44. The molecule has 0 aliphatic carbocycles. The van der Waals surface area contributed by atoms with E-state index in [-0.39, 0.29) is 86.7 Å². The molecule has 0 aliphatic rings. The fraction of sp³-hybridized carbons (Fsp3) is 0.185. The summed E-state index contributed by atoms with van der Waals surface area (Å²) in [6.07, 6.45) is 0.956. The van der Waals surface area contributed by atoms with Crippen molar-refractivity contribution in [3.8, 4) is 17.2 Å². The molecule has 0 spiro atoms. The molecule has 10 nitrogen and oxygen atoms in total. The molecule has 0 saturated carbocycles. The van der Waals surface area contributed by atoms with Crippen LogP contribution in [0.1, 0.15) is 32.8 Å². The van der Waals surface area contributed by atoms with Gasteiger partial charge in [-0.25, -0.2) is 8.42 Å². The maximum atomic E-state index is 13.1. The molecule has 0 saturated heterocycles. The van der Waals surface area contributed by atoms with Gasteiger partial charge in [0.2, 0.25) is 0 Å². The second kappa shape index (κ2) is 13.6. The minimum absolute atomic E-state index is 0. The Morgan fingerprint density at radius 3 is 2.12 bits per heavy atom. The van der Waals surface area contributed by atoms with E-state index in [0.29, 0.717) is 5.75 Å². The van der Waals surface area contributed by atoms with Crippen molar-refractivity contribution in [2.45, 2.75) is 42.4 Å². The predicted octanol–water partition coefficient (Wildman–Crippen LogP) is -0.0325. The Balaban J connectivity index is 0.00000294. The van der Waals surface area contributed by atoms with Gasteiger partial charge in [0.25, 0.3) is 10.1 Å². The van der Waals surface area contributed by atoms with Crippen molar-refractivity contribution >= 4 is 42.4 Å². The fourth-order valence-electron chi connectivity index (χ4n) is 3.80. The first kappa shape index (κ1) is 35.4. The summed E-state index contributed by atoms with van der Waals surface area (Å²) in [5, 5.41) is 20.7. The summed E-state index contributed by atoms with van der Waals surface area (Å²) in [5.41, 5.74) is 0.617. The summed E-state index contributed by atoms with van der Waals surface area (Å²) in [4.78, 5) is -1.56. The topological polar surface area (TPSA) is 169 Å². The minimum Gasteiger partial charge on any atom is -0.871 e. The number of azo groups is 1. The van der Waals surface area contributed by atoms with Gasteiger partial charge in [-0.05, 0) is 70.6 Å². The van der Waals surface area contributed by atoms with E-state index < -0.39 is 41.5 Å². The molecule has 0 bridgehead atoms. The van der Waals surface area contributed by atoms with E-state index in [1.54, 1.807) is 18.2 Å². The summed E-state index contributed by atoms with van der Waals surface area (Å²) in [6.45, 7) is 6.39. The number of benzene rings is 4. The molecule has 0 atom stereocenters. The zero-order chi connectivity index (χ0) is 28.6. The molecule has 0 unspecified atom stereocenters. The number of hydrogen-bond acceptors (Lipinski definition) is 9. The molecule has 4 aromatic carbocycles. The molecule has 0 heterocycles. The Morgan fingerprint density at radius 1 is 0.902 bits per heavy atom. The monoisotopic (exact) mass is 614 g/mol. The van der Waals surface area contributed by atoms with E-state index >= 15 is 0 Å². The molecule has 1 N–H and O–H groups in total. The Kier molecular flexibility index (Phi) is 11.8. The predicted molar refractivity (Wildman–Crippen MR) is 142 cm³/mol. The van der Waals surface area contributed by atoms with Crippen LogP contribution in [0.25, 0.3) is 10.8 Å². The van der Waals surface area contributed by atoms with Gasteiger partial charge in [-0.1, -0.05) is 56.9 Å². The first-order chi connectivity index (χ1) is 18.2. The number of para-hydroxylation sites is 1.